The van der Waals surface area contributed by atoms with E-state index in [-0.39, 0.29) is 26.2 Å². The third-order valence-electron chi connectivity index (χ3n) is 1.84. The summed E-state index contributed by atoms with van der Waals surface area (Å²) in [7, 11) is 0. The van der Waals surface area contributed by atoms with Gasteiger partial charge in [0.2, 0.25) is 0 Å². The molecule has 0 heterocycles. The smallest absolute Gasteiger partial charge is 0.293 e. The molecular weight excluding hydrogens is 313 g/mol. The van der Waals surface area contributed by atoms with Gasteiger partial charge in [0.15, 0.2) is 12.1 Å². The summed E-state index contributed by atoms with van der Waals surface area (Å²) in [5.41, 5.74) is -0.0689. The molecule has 0 amide bonds. The number of hydrogen-bond acceptors (Lipinski definition) is 4. The van der Waals surface area contributed by atoms with Crippen LogP contribution < -0.4 is 0 Å². The molecule has 0 fully saturated rings. The first-order valence-corrected chi connectivity index (χ1v) is 5.00. The highest BCUT2D eigenvalue weighted by Crippen LogP contribution is 2.27. The fourth-order valence-corrected chi connectivity index (χ4v) is 2.20. The first kappa shape index (κ1) is 11.8. The van der Waals surface area contributed by atoms with Crippen LogP contribution in [0.25, 0.3) is 0 Å². The monoisotopic (exact) mass is 319 g/mol. The van der Waals surface area contributed by atoms with Crippen LogP contribution in [0.3, 0.4) is 0 Å². The fraction of sp³-hybridized carbons (Fsp3) is 0.111. The highest BCUT2D eigenvalue weighted by Gasteiger charge is 2.22. The number of ketones is 1. The summed E-state index contributed by atoms with van der Waals surface area (Å²) in [6.45, 7) is 1.32. The van der Waals surface area contributed by atoms with Crippen LogP contribution in [0.2, 0.25) is 0 Å². The topological polar surface area (TPSA) is 77.3 Å². The Balaban J connectivity index is 3.56. The van der Waals surface area contributed by atoms with Crippen molar-refractivity contribution in [1.29, 1.82) is 0 Å². The highest BCUT2D eigenvalue weighted by molar-refractivity contribution is 14.1. The molecule has 0 aliphatic heterocycles. The molecule has 0 saturated carbocycles. The van der Waals surface area contributed by atoms with Crippen molar-refractivity contribution >= 4 is 40.3 Å². The number of nitrogens with zero attached hydrogens (tertiary/aromatic N) is 1. The Morgan fingerprint density at radius 3 is 2.53 bits per heavy atom. The van der Waals surface area contributed by atoms with E-state index in [1.165, 1.54) is 19.1 Å². The third-order valence-corrected chi connectivity index (χ3v) is 2.93. The number of Topliss-reactive ketones (excluding diaryl/α,β-unsaturated/α-hetero) is 1. The van der Waals surface area contributed by atoms with Gasteiger partial charge < -0.3 is 0 Å². The maximum absolute atomic E-state index is 11.1. The minimum Gasteiger partial charge on any atom is -0.298 e. The van der Waals surface area contributed by atoms with Crippen molar-refractivity contribution in [3.63, 3.8) is 0 Å². The van der Waals surface area contributed by atoms with Gasteiger partial charge in [-0.25, -0.2) is 0 Å². The van der Waals surface area contributed by atoms with Crippen LogP contribution in [0.4, 0.5) is 5.69 Å². The highest BCUT2D eigenvalue weighted by atomic mass is 127. The number of carbonyl (C=O) groups excluding carboxylic acids is 2. The van der Waals surface area contributed by atoms with Crippen LogP contribution >= 0.6 is 22.6 Å². The van der Waals surface area contributed by atoms with E-state index in [4.69, 9.17) is 0 Å². The maximum atomic E-state index is 11.1. The largest absolute Gasteiger partial charge is 0.298 e. The lowest BCUT2D eigenvalue weighted by Gasteiger charge is -2.02. The number of halogens is 1. The number of benzene rings is 1. The lowest BCUT2D eigenvalue weighted by atomic mass is 10.1. The minimum atomic E-state index is -0.655. The van der Waals surface area contributed by atoms with Crippen LogP contribution in [0.15, 0.2) is 12.1 Å². The van der Waals surface area contributed by atoms with Gasteiger partial charge in [0.05, 0.1) is 10.5 Å². The number of aldehydes is 1. The standard InChI is InChI=1S/C9H6INO4/c1-5(13)7-3-2-6(4-12)9(8(7)10)11(14)15/h2-4H,1H3. The Morgan fingerprint density at radius 1 is 1.53 bits per heavy atom. The number of nitro groups is 1. The molecular formula is C9H6INO4. The second-order valence-corrected chi connectivity index (χ2v) is 3.87. The number of nitro benzene ring substituents is 1. The first-order chi connectivity index (χ1) is 6.99. The van der Waals surface area contributed by atoms with E-state index in [0.717, 1.165) is 0 Å². The van der Waals surface area contributed by atoms with Gasteiger partial charge >= 0.3 is 0 Å². The molecule has 0 aliphatic rings. The van der Waals surface area contributed by atoms with E-state index in [2.05, 4.69) is 0 Å². The SMILES string of the molecule is CC(=O)c1ccc(C=O)c([N+](=O)[O-])c1I. The molecule has 0 unspecified atom stereocenters. The van der Waals surface area contributed by atoms with Crippen LogP contribution in [-0.4, -0.2) is 17.0 Å². The quantitative estimate of drug-likeness (QED) is 0.281. The predicted molar refractivity (Wildman–Crippen MR) is 61.2 cm³/mol. The summed E-state index contributed by atoms with van der Waals surface area (Å²) in [5.74, 6) is -0.264. The molecule has 0 aromatic heterocycles. The van der Waals surface area contributed by atoms with Crippen molar-refractivity contribution in [1.82, 2.24) is 0 Å². The summed E-state index contributed by atoms with van der Waals surface area (Å²) in [6, 6.07) is 2.70. The molecule has 78 valence electrons. The van der Waals surface area contributed by atoms with Crippen LogP contribution in [0.1, 0.15) is 27.6 Å². The van der Waals surface area contributed by atoms with Gasteiger partial charge in [0.25, 0.3) is 5.69 Å². The second kappa shape index (κ2) is 4.47. The molecule has 1 rings (SSSR count). The number of carbonyl (C=O) groups is 2. The average molecular weight is 319 g/mol. The molecule has 0 bridgehead atoms. The molecule has 0 aliphatic carbocycles. The summed E-state index contributed by atoms with van der Waals surface area (Å²) in [6.07, 6.45) is 0.407. The zero-order valence-corrected chi connectivity index (χ0v) is 9.85. The molecule has 6 heteroatoms. The van der Waals surface area contributed by atoms with Gasteiger partial charge in [-0.2, -0.15) is 0 Å². The van der Waals surface area contributed by atoms with Gasteiger partial charge in [0, 0.05) is 5.56 Å². The number of hydrogen-bond donors (Lipinski definition) is 0. The molecule has 0 radical (unpaired) electrons. The molecule has 1 aromatic rings. The van der Waals surface area contributed by atoms with Crippen molar-refractivity contribution in [3.8, 4) is 0 Å². The normalized spacial score (nSPS) is 9.73. The lowest BCUT2D eigenvalue weighted by Crippen LogP contribution is -2.03. The zero-order valence-electron chi connectivity index (χ0n) is 7.69. The van der Waals surface area contributed by atoms with Gasteiger partial charge in [0.1, 0.15) is 3.57 Å². The Labute approximate surface area is 98.8 Å². The molecule has 0 N–H and O–H groups in total. The molecule has 0 atom stereocenters. The van der Waals surface area contributed by atoms with Gasteiger partial charge in [-0.15, -0.1) is 0 Å². The Hall–Kier alpha value is -1.31. The van der Waals surface area contributed by atoms with Crippen molar-refractivity contribution in [2.24, 2.45) is 0 Å². The lowest BCUT2D eigenvalue weighted by molar-refractivity contribution is -0.386. The van der Waals surface area contributed by atoms with Gasteiger partial charge in [-0.3, -0.25) is 19.7 Å². The van der Waals surface area contributed by atoms with Crippen molar-refractivity contribution in [2.45, 2.75) is 6.92 Å². The van der Waals surface area contributed by atoms with Crippen LogP contribution in [0.5, 0.6) is 0 Å². The van der Waals surface area contributed by atoms with Crippen molar-refractivity contribution in [2.75, 3.05) is 0 Å². The summed E-state index contributed by atoms with van der Waals surface area (Å²) >= 11 is 1.70. The number of rotatable bonds is 3. The third kappa shape index (κ3) is 2.20. The van der Waals surface area contributed by atoms with Crippen LogP contribution in [-0.2, 0) is 0 Å². The molecule has 0 saturated heterocycles. The molecule has 15 heavy (non-hydrogen) atoms. The zero-order chi connectivity index (χ0) is 11.6. The van der Waals surface area contributed by atoms with E-state index in [0.29, 0.717) is 6.29 Å². The Morgan fingerprint density at radius 2 is 2.13 bits per heavy atom. The summed E-state index contributed by atoms with van der Waals surface area (Å²) in [4.78, 5) is 31.7. The van der Waals surface area contributed by atoms with Crippen molar-refractivity contribution < 1.29 is 14.5 Å². The predicted octanol–water partition coefficient (Wildman–Crippen LogP) is 2.21. The van der Waals surface area contributed by atoms with E-state index >= 15 is 0 Å². The molecule has 5 nitrogen and oxygen atoms in total. The minimum absolute atomic E-state index is 0.0191. The maximum Gasteiger partial charge on any atom is 0.293 e. The van der Waals surface area contributed by atoms with Gasteiger partial charge in [-0.05, 0) is 41.6 Å². The summed E-state index contributed by atoms with van der Waals surface area (Å²) in [5, 5.41) is 10.7. The van der Waals surface area contributed by atoms with E-state index < -0.39 is 4.92 Å². The fourth-order valence-electron chi connectivity index (χ4n) is 1.13. The van der Waals surface area contributed by atoms with Gasteiger partial charge in [-0.1, -0.05) is 0 Å². The second-order valence-electron chi connectivity index (χ2n) is 2.80. The van der Waals surface area contributed by atoms with E-state index in [1.54, 1.807) is 22.6 Å². The molecule has 0 spiro atoms. The molecule has 1 aromatic carbocycles. The Bertz CT molecular complexity index is 456. The van der Waals surface area contributed by atoms with E-state index in [1.807, 2.05) is 0 Å². The average Bonchev–Trinajstić information content (AvgIpc) is 2.15. The van der Waals surface area contributed by atoms with E-state index in [9.17, 15) is 19.7 Å². The summed E-state index contributed by atoms with van der Waals surface area (Å²) < 4.78 is 0.203. The van der Waals surface area contributed by atoms with Crippen molar-refractivity contribution in [3.05, 3.63) is 36.9 Å². The van der Waals surface area contributed by atoms with Crippen LogP contribution in [0, 0.1) is 13.7 Å². The first-order valence-electron chi connectivity index (χ1n) is 3.92. The Kier molecular flexibility index (Phi) is 3.51.